The van der Waals surface area contributed by atoms with Gasteiger partial charge < -0.3 is 9.16 Å². The smallest absolute Gasteiger partial charge is 0.417 e. The summed E-state index contributed by atoms with van der Waals surface area (Å²) in [6.45, 7) is 11.8. The van der Waals surface area contributed by atoms with Gasteiger partial charge >= 0.3 is 6.09 Å². The molecule has 0 aromatic rings. The molecule has 1 atom stereocenters. The Morgan fingerprint density at radius 1 is 1.33 bits per heavy atom. The van der Waals surface area contributed by atoms with Crippen molar-refractivity contribution in [3.05, 3.63) is 0 Å². The molecule has 0 saturated carbocycles. The molecule has 1 rings (SSSR count). The van der Waals surface area contributed by atoms with Crippen molar-refractivity contribution < 1.29 is 18.8 Å². The van der Waals surface area contributed by atoms with E-state index in [0.717, 1.165) is 4.90 Å². The molecule has 1 heterocycles. The maximum absolute atomic E-state index is 12.0. The SMILES string of the molecule is CC(C)(C)OC(=O)N1CC[C@@H](O[Si](C)(C)C)C1=O. The van der Waals surface area contributed by atoms with E-state index in [1.165, 1.54) is 0 Å². The second-order valence-electron chi connectivity index (χ2n) is 6.48. The molecule has 0 N–H and O–H groups in total. The number of hydrogen-bond acceptors (Lipinski definition) is 4. The van der Waals surface area contributed by atoms with E-state index in [1.54, 1.807) is 20.8 Å². The van der Waals surface area contributed by atoms with Gasteiger partial charge in [-0.05, 0) is 46.8 Å². The number of amides is 2. The molecule has 0 bridgehead atoms. The molecule has 1 aliphatic rings. The first-order valence-electron chi connectivity index (χ1n) is 6.22. The lowest BCUT2D eigenvalue weighted by molar-refractivity contribution is -0.132. The van der Waals surface area contributed by atoms with Crippen molar-refractivity contribution in [3.8, 4) is 0 Å². The monoisotopic (exact) mass is 273 g/mol. The summed E-state index contributed by atoms with van der Waals surface area (Å²) in [5, 5.41) is 0. The fourth-order valence-corrected chi connectivity index (χ4v) is 2.76. The van der Waals surface area contributed by atoms with Crippen molar-refractivity contribution in [2.45, 2.75) is 58.5 Å². The molecule has 1 fully saturated rings. The third-order valence-corrected chi connectivity index (χ3v) is 3.26. The number of imide groups is 1. The third kappa shape index (κ3) is 4.42. The minimum Gasteiger partial charge on any atom is -0.443 e. The zero-order valence-corrected chi connectivity index (χ0v) is 13.1. The first-order valence-corrected chi connectivity index (χ1v) is 9.62. The maximum Gasteiger partial charge on any atom is 0.417 e. The lowest BCUT2D eigenvalue weighted by atomic mass is 10.2. The highest BCUT2D eigenvalue weighted by Gasteiger charge is 2.40. The van der Waals surface area contributed by atoms with E-state index in [4.69, 9.17) is 9.16 Å². The van der Waals surface area contributed by atoms with Crippen LogP contribution < -0.4 is 0 Å². The van der Waals surface area contributed by atoms with Gasteiger partial charge in [-0.15, -0.1) is 0 Å². The summed E-state index contributed by atoms with van der Waals surface area (Å²) >= 11 is 0. The van der Waals surface area contributed by atoms with Gasteiger partial charge in [-0.3, -0.25) is 4.79 Å². The van der Waals surface area contributed by atoms with Gasteiger partial charge in [0.1, 0.15) is 11.7 Å². The van der Waals surface area contributed by atoms with Crippen molar-refractivity contribution >= 4 is 20.3 Å². The molecule has 5 nitrogen and oxygen atoms in total. The number of carbonyl (C=O) groups excluding carboxylic acids is 2. The van der Waals surface area contributed by atoms with E-state index in [9.17, 15) is 9.59 Å². The Morgan fingerprint density at radius 2 is 1.89 bits per heavy atom. The van der Waals surface area contributed by atoms with E-state index >= 15 is 0 Å². The molecular weight excluding hydrogens is 250 g/mol. The first kappa shape index (κ1) is 15.2. The van der Waals surface area contributed by atoms with Crippen LogP contribution in [0, 0.1) is 0 Å². The van der Waals surface area contributed by atoms with Crippen LogP contribution in [0.2, 0.25) is 19.6 Å². The fourth-order valence-electron chi connectivity index (χ4n) is 1.69. The van der Waals surface area contributed by atoms with Crippen LogP contribution in [0.25, 0.3) is 0 Å². The summed E-state index contributed by atoms with van der Waals surface area (Å²) in [7, 11) is -1.77. The minimum atomic E-state index is -1.77. The highest BCUT2D eigenvalue weighted by Crippen LogP contribution is 2.21. The molecule has 1 aliphatic heterocycles. The average molecular weight is 273 g/mol. The largest absolute Gasteiger partial charge is 0.443 e. The van der Waals surface area contributed by atoms with E-state index in [2.05, 4.69) is 0 Å². The van der Waals surface area contributed by atoms with Crippen LogP contribution in [-0.2, 0) is 14.0 Å². The number of nitrogens with zero attached hydrogens (tertiary/aromatic N) is 1. The van der Waals surface area contributed by atoms with Crippen LogP contribution in [0.5, 0.6) is 0 Å². The quantitative estimate of drug-likeness (QED) is 0.725. The highest BCUT2D eigenvalue weighted by molar-refractivity contribution is 6.69. The predicted molar refractivity (Wildman–Crippen MR) is 70.8 cm³/mol. The van der Waals surface area contributed by atoms with E-state index in [0.29, 0.717) is 13.0 Å². The second-order valence-corrected chi connectivity index (χ2v) is 10.9. The van der Waals surface area contributed by atoms with Gasteiger partial charge in [0.2, 0.25) is 0 Å². The third-order valence-electron chi connectivity index (χ3n) is 2.27. The normalized spacial score (nSPS) is 21.3. The van der Waals surface area contributed by atoms with Crippen molar-refractivity contribution in [2.24, 2.45) is 0 Å². The summed E-state index contributed by atoms with van der Waals surface area (Å²) < 4.78 is 11.0. The zero-order valence-electron chi connectivity index (χ0n) is 12.1. The van der Waals surface area contributed by atoms with Gasteiger partial charge in [0.05, 0.1) is 0 Å². The molecule has 0 spiro atoms. The van der Waals surface area contributed by atoms with Crippen molar-refractivity contribution in [1.82, 2.24) is 4.90 Å². The Balaban J connectivity index is 2.62. The minimum absolute atomic E-state index is 0.272. The molecule has 18 heavy (non-hydrogen) atoms. The first-order chi connectivity index (χ1) is 7.99. The lowest BCUT2D eigenvalue weighted by Crippen LogP contribution is -2.42. The molecule has 0 aromatic heterocycles. The van der Waals surface area contributed by atoms with Crippen LogP contribution in [0.1, 0.15) is 27.2 Å². The van der Waals surface area contributed by atoms with Crippen LogP contribution in [0.15, 0.2) is 0 Å². The highest BCUT2D eigenvalue weighted by atomic mass is 28.4. The number of likely N-dealkylation sites (tertiary alicyclic amines) is 1. The maximum atomic E-state index is 12.0. The summed E-state index contributed by atoms with van der Waals surface area (Å²) in [5.41, 5.74) is -0.588. The van der Waals surface area contributed by atoms with Crippen LogP contribution in [-0.4, -0.2) is 43.5 Å². The Labute approximate surface area is 110 Å². The van der Waals surface area contributed by atoms with Gasteiger partial charge in [-0.2, -0.15) is 0 Å². The van der Waals surface area contributed by atoms with Gasteiger partial charge in [0, 0.05) is 6.54 Å². The molecule has 6 heteroatoms. The van der Waals surface area contributed by atoms with Crippen molar-refractivity contribution in [2.75, 3.05) is 6.54 Å². The standard InChI is InChI=1S/C12H23NO4Si/c1-12(2,3)16-11(15)13-8-7-9(10(13)14)17-18(4,5)6/h9H,7-8H2,1-6H3/t9-/m1/s1. The van der Waals surface area contributed by atoms with Crippen LogP contribution in [0.4, 0.5) is 4.79 Å². The Morgan fingerprint density at radius 3 is 2.33 bits per heavy atom. The molecule has 104 valence electrons. The fraction of sp³-hybridized carbons (Fsp3) is 0.833. The van der Waals surface area contributed by atoms with Crippen molar-refractivity contribution in [1.29, 1.82) is 0 Å². The summed E-state index contributed by atoms with van der Waals surface area (Å²) in [4.78, 5) is 25.0. The molecule has 1 saturated heterocycles. The van der Waals surface area contributed by atoms with Gasteiger partial charge in [0.25, 0.3) is 5.91 Å². The molecule has 0 radical (unpaired) electrons. The number of hydrogen-bond donors (Lipinski definition) is 0. The van der Waals surface area contributed by atoms with Crippen LogP contribution in [0.3, 0.4) is 0 Å². The van der Waals surface area contributed by atoms with E-state index in [1.807, 2.05) is 19.6 Å². The van der Waals surface area contributed by atoms with Gasteiger partial charge in [-0.1, -0.05) is 0 Å². The summed E-state index contributed by atoms with van der Waals surface area (Å²) in [5.74, 6) is -0.272. The number of carbonyl (C=O) groups is 2. The van der Waals surface area contributed by atoms with E-state index < -0.39 is 26.1 Å². The van der Waals surface area contributed by atoms with Gasteiger partial charge in [-0.25, -0.2) is 9.69 Å². The van der Waals surface area contributed by atoms with E-state index in [-0.39, 0.29) is 5.91 Å². The molecular formula is C12H23NO4Si. The Kier molecular flexibility index (Phi) is 4.22. The van der Waals surface area contributed by atoms with Gasteiger partial charge in [0.15, 0.2) is 8.32 Å². The number of ether oxygens (including phenoxy) is 1. The topological polar surface area (TPSA) is 55.8 Å². The lowest BCUT2D eigenvalue weighted by Gasteiger charge is -2.24. The molecule has 0 aromatic carbocycles. The Bertz CT molecular complexity index is 343. The summed E-state index contributed by atoms with van der Waals surface area (Å²) in [6, 6.07) is 0. The molecule has 2 amide bonds. The zero-order chi connectivity index (χ0) is 14.1. The second kappa shape index (κ2) is 5.01. The molecule has 0 unspecified atom stereocenters. The average Bonchev–Trinajstić information content (AvgIpc) is 2.42. The van der Waals surface area contributed by atoms with Crippen LogP contribution >= 0.6 is 0 Å². The summed E-state index contributed by atoms with van der Waals surface area (Å²) in [6.07, 6.45) is -0.499. The Hall–Kier alpha value is -0.883. The molecule has 0 aliphatic carbocycles. The predicted octanol–water partition coefficient (Wildman–Crippen LogP) is 2.37. The number of rotatable bonds is 2. The van der Waals surface area contributed by atoms with Crippen molar-refractivity contribution in [3.63, 3.8) is 0 Å².